The van der Waals surface area contributed by atoms with Crippen LogP contribution >= 0.6 is 0 Å². The molecule has 0 aromatic heterocycles. The number of hydrogen-bond acceptors (Lipinski definition) is 2. The largest absolute Gasteiger partial charge is 0.385 e. The molecule has 4 heteroatoms. The number of urea groups is 1. The van der Waals surface area contributed by atoms with Crippen molar-refractivity contribution in [3.63, 3.8) is 0 Å². The number of rotatable bonds is 1. The standard InChI is InChI=1S/C17H23N3O/c1-11(2)20-15(21)19-14(18)17(20)10-9-16(3,4)12-7-5-6-8-13(12)17/h5-8,11H,9-10H2,1-4H3,(H2,18,19,21). The highest BCUT2D eigenvalue weighted by Crippen LogP contribution is 2.50. The molecule has 0 saturated heterocycles. The molecule has 1 unspecified atom stereocenters. The predicted octanol–water partition coefficient (Wildman–Crippen LogP) is 3.15. The fourth-order valence-electron chi connectivity index (χ4n) is 3.91. The molecule has 1 aliphatic carbocycles. The summed E-state index contributed by atoms with van der Waals surface area (Å²) in [7, 11) is 0. The van der Waals surface area contributed by atoms with E-state index in [1.54, 1.807) is 0 Å². The molecule has 0 fully saturated rings. The van der Waals surface area contributed by atoms with Crippen LogP contribution < -0.4 is 5.73 Å². The lowest BCUT2D eigenvalue weighted by Crippen LogP contribution is -2.57. The number of aliphatic imine (C=N–C) groups is 1. The quantitative estimate of drug-likeness (QED) is 0.861. The van der Waals surface area contributed by atoms with Crippen LogP contribution in [0.4, 0.5) is 4.79 Å². The molecule has 21 heavy (non-hydrogen) atoms. The fraction of sp³-hybridized carbons (Fsp3) is 0.529. The maximum absolute atomic E-state index is 12.3. The molecule has 2 N–H and O–H groups in total. The summed E-state index contributed by atoms with van der Waals surface area (Å²) >= 11 is 0. The number of fused-ring (bicyclic) bond motifs is 2. The molecule has 1 spiro atoms. The highest BCUT2D eigenvalue weighted by atomic mass is 16.2. The molecule has 0 saturated carbocycles. The van der Waals surface area contributed by atoms with Gasteiger partial charge in [-0.25, -0.2) is 4.79 Å². The van der Waals surface area contributed by atoms with Crippen molar-refractivity contribution in [3.8, 4) is 0 Å². The summed E-state index contributed by atoms with van der Waals surface area (Å²) in [6.07, 6.45) is 1.81. The van der Waals surface area contributed by atoms with Gasteiger partial charge in [0, 0.05) is 6.04 Å². The highest BCUT2D eigenvalue weighted by Gasteiger charge is 2.55. The summed E-state index contributed by atoms with van der Waals surface area (Å²) in [5.74, 6) is 0.448. The van der Waals surface area contributed by atoms with E-state index in [1.807, 2.05) is 24.8 Å². The first-order chi connectivity index (χ1) is 9.80. The molecule has 1 aromatic carbocycles. The Morgan fingerprint density at radius 1 is 1.19 bits per heavy atom. The third-order valence-corrected chi connectivity index (χ3v) is 4.99. The summed E-state index contributed by atoms with van der Waals surface area (Å²) in [6, 6.07) is 8.20. The Labute approximate surface area is 126 Å². The second kappa shape index (κ2) is 4.33. The Hall–Kier alpha value is -1.84. The van der Waals surface area contributed by atoms with E-state index in [4.69, 9.17) is 5.73 Å². The number of amidine groups is 1. The molecule has 2 aliphatic rings. The highest BCUT2D eigenvalue weighted by molar-refractivity contribution is 6.06. The lowest BCUT2D eigenvalue weighted by molar-refractivity contribution is 0.124. The van der Waals surface area contributed by atoms with Crippen molar-refractivity contribution in [2.45, 2.75) is 57.5 Å². The Bertz CT molecular complexity index is 633. The summed E-state index contributed by atoms with van der Waals surface area (Å²) in [5, 5.41) is 0. The first-order valence-corrected chi connectivity index (χ1v) is 7.58. The third-order valence-electron chi connectivity index (χ3n) is 4.99. The van der Waals surface area contributed by atoms with Crippen LogP contribution in [-0.4, -0.2) is 22.8 Å². The summed E-state index contributed by atoms with van der Waals surface area (Å²) in [4.78, 5) is 18.3. The topological polar surface area (TPSA) is 58.7 Å². The minimum atomic E-state index is -0.558. The van der Waals surface area contributed by atoms with Crippen molar-refractivity contribution in [1.29, 1.82) is 0 Å². The van der Waals surface area contributed by atoms with Crippen molar-refractivity contribution in [2.75, 3.05) is 0 Å². The minimum absolute atomic E-state index is 0.0663. The van der Waals surface area contributed by atoms with Gasteiger partial charge in [0.25, 0.3) is 0 Å². The van der Waals surface area contributed by atoms with E-state index >= 15 is 0 Å². The van der Waals surface area contributed by atoms with Gasteiger partial charge in [0.15, 0.2) is 0 Å². The van der Waals surface area contributed by atoms with Crippen molar-refractivity contribution in [3.05, 3.63) is 35.4 Å². The molecule has 1 atom stereocenters. The lowest BCUT2D eigenvalue weighted by atomic mass is 9.64. The number of benzene rings is 1. The Balaban J connectivity index is 2.27. The van der Waals surface area contributed by atoms with Crippen LogP contribution in [0.15, 0.2) is 29.3 Å². The van der Waals surface area contributed by atoms with Gasteiger partial charge in [-0.1, -0.05) is 38.1 Å². The average Bonchev–Trinajstić information content (AvgIpc) is 2.67. The van der Waals surface area contributed by atoms with E-state index < -0.39 is 5.54 Å². The van der Waals surface area contributed by atoms with Crippen molar-refractivity contribution < 1.29 is 4.79 Å². The normalized spacial score (nSPS) is 27.2. The second-order valence-corrected chi connectivity index (χ2v) is 7.03. The van der Waals surface area contributed by atoms with E-state index in [0.29, 0.717) is 5.84 Å². The molecule has 3 rings (SSSR count). The van der Waals surface area contributed by atoms with Gasteiger partial charge in [-0.15, -0.1) is 0 Å². The van der Waals surface area contributed by atoms with E-state index in [1.165, 1.54) is 5.56 Å². The van der Waals surface area contributed by atoms with Crippen LogP contribution in [0.2, 0.25) is 0 Å². The minimum Gasteiger partial charge on any atom is -0.385 e. The van der Waals surface area contributed by atoms with E-state index in [2.05, 4.69) is 37.0 Å². The molecule has 2 amide bonds. The van der Waals surface area contributed by atoms with Gasteiger partial charge in [0.05, 0.1) is 0 Å². The SMILES string of the molecule is CC(C)N1C(=O)N=C(N)C12CCC(C)(C)c1ccccc12. The van der Waals surface area contributed by atoms with E-state index in [0.717, 1.165) is 18.4 Å². The van der Waals surface area contributed by atoms with Gasteiger partial charge >= 0.3 is 6.03 Å². The first kappa shape index (κ1) is 14.1. The van der Waals surface area contributed by atoms with Crippen LogP contribution in [0.1, 0.15) is 51.7 Å². The number of hydrogen-bond donors (Lipinski definition) is 1. The Morgan fingerprint density at radius 2 is 1.81 bits per heavy atom. The monoisotopic (exact) mass is 285 g/mol. The third kappa shape index (κ3) is 1.74. The maximum Gasteiger partial charge on any atom is 0.346 e. The zero-order chi connectivity index (χ0) is 15.4. The molecule has 1 aromatic rings. The van der Waals surface area contributed by atoms with Gasteiger partial charge in [-0.3, -0.25) is 0 Å². The molecule has 0 bridgehead atoms. The van der Waals surface area contributed by atoms with Gasteiger partial charge < -0.3 is 10.6 Å². The maximum atomic E-state index is 12.3. The summed E-state index contributed by atoms with van der Waals surface area (Å²) < 4.78 is 0. The zero-order valence-electron chi connectivity index (χ0n) is 13.2. The molecule has 4 nitrogen and oxygen atoms in total. The number of nitrogens with two attached hydrogens (primary N) is 1. The molecule has 1 heterocycles. The molecule has 1 aliphatic heterocycles. The Morgan fingerprint density at radius 3 is 2.43 bits per heavy atom. The number of carbonyl (C=O) groups excluding carboxylic acids is 1. The van der Waals surface area contributed by atoms with Crippen LogP contribution in [0, 0.1) is 0 Å². The van der Waals surface area contributed by atoms with E-state index in [9.17, 15) is 4.79 Å². The molecular weight excluding hydrogens is 262 g/mol. The van der Waals surface area contributed by atoms with Crippen LogP contribution in [0.25, 0.3) is 0 Å². The number of nitrogens with zero attached hydrogens (tertiary/aromatic N) is 2. The number of amides is 2. The summed E-state index contributed by atoms with van der Waals surface area (Å²) in [5.41, 5.74) is 8.20. The number of carbonyl (C=O) groups is 1. The molecule has 0 radical (unpaired) electrons. The lowest BCUT2D eigenvalue weighted by Gasteiger charge is -2.48. The second-order valence-electron chi connectivity index (χ2n) is 7.03. The zero-order valence-corrected chi connectivity index (χ0v) is 13.2. The van der Waals surface area contributed by atoms with Crippen molar-refractivity contribution in [2.24, 2.45) is 10.7 Å². The van der Waals surface area contributed by atoms with Crippen molar-refractivity contribution in [1.82, 2.24) is 4.90 Å². The van der Waals surface area contributed by atoms with Crippen LogP contribution in [0.3, 0.4) is 0 Å². The van der Waals surface area contributed by atoms with Gasteiger partial charge in [-0.05, 0) is 43.2 Å². The average molecular weight is 285 g/mol. The fourth-order valence-corrected chi connectivity index (χ4v) is 3.91. The molecular formula is C17H23N3O. The molecule has 112 valence electrons. The van der Waals surface area contributed by atoms with Crippen LogP contribution in [0.5, 0.6) is 0 Å². The van der Waals surface area contributed by atoms with Gasteiger partial charge in [0.2, 0.25) is 0 Å². The predicted molar refractivity (Wildman–Crippen MR) is 84.4 cm³/mol. The summed E-state index contributed by atoms with van der Waals surface area (Å²) in [6.45, 7) is 8.55. The van der Waals surface area contributed by atoms with Gasteiger partial charge in [0.1, 0.15) is 11.4 Å². The van der Waals surface area contributed by atoms with Crippen LogP contribution in [-0.2, 0) is 11.0 Å². The smallest absolute Gasteiger partial charge is 0.346 e. The first-order valence-electron chi connectivity index (χ1n) is 7.58. The van der Waals surface area contributed by atoms with Gasteiger partial charge in [-0.2, -0.15) is 4.99 Å². The Kier molecular flexibility index (Phi) is 2.91. The van der Waals surface area contributed by atoms with E-state index in [-0.39, 0.29) is 17.5 Å². The van der Waals surface area contributed by atoms with Crippen molar-refractivity contribution >= 4 is 11.9 Å².